The van der Waals surface area contributed by atoms with Gasteiger partial charge in [0.15, 0.2) is 0 Å². The predicted molar refractivity (Wildman–Crippen MR) is 93.0 cm³/mol. The molecule has 0 spiro atoms. The zero-order chi connectivity index (χ0) is 17.6. The summed E-state index contributed by atoms with van der Waals surface area (Å²) in [7, 11) is 1.48. The van der Waals surface area contributed by atoms with Gasteiger partial charge in [-0.3, -0.25) is 14.3 Å². The zero-order valence-electron chi connectivity index (χ0n) is 14.3. The van der Waals surface area contributed by atoms with Gasteiger partial charge in [0.05, 0.1) is 7.11 Å². The SMILES string of the molecule is COc1cc(=O)n2c(c1C(=O)NCCCn1cccn1)CCNCC2. The van der Waals surface area contributed by atoms with Crippen molar-refractivity contribution < 1.29 is 9.53 Å². The fraction of sp³-hybridized carbons (Fsp3) is 0.471. The van der Waals surface area contributed by atoms with Gasteiger partial charge < -0.3 is 19.9 Å². The molecule has 0 radical (unpaired) electrons. The molecule has 3 heterocycles. The molecule has 134 valence electrons. The highest BCUT2D eigenvalue weighted by molar-refractivity contribution is 5.98. The lowest BCUT2D eigenvalue weighted by atomic mass is 10.1. The Bertz CT molecular complexity index is 782. The summed E-state index contributed by atoms with van der Waals surface area (Å²) in [5.41, 5.74) is 1.06. The van der Waals surface area contributed by atoms with Crippen LogP contribution in [0.25, 0.3) is 0 Å². The standard InChI is InChI=1S/C17H23N5O3/c1-25-14-12-15(23)22-11-8-18-7-4-13(22)16(14)17(24)19-5-2-9-21-10-3-6-20-21/h3,6,10,12,18H,2,4-5,7-9,11H2,1H3,(H,19,24). The molecule has 2 N–H and O–H groups in total. The van der Waals surface area contributed by atoms with Crippen molar-refractivity contribution in [3.63, 3.8) is 0 Å². The van der Waals surface area contributed by atoms with E-state index in [2.05, 4.69) is 15.7 Å². The highest BCUT2D eigenvalue weighted by Crippen LogP contribution is 2.21. The Hall–Kier alpha value is -2.61. The number of aromatic nitrogens is 3. The van der Waals surface area contributed by atoms with Crippen LogP contribution in [-0.2, 0) is 19.5 Å². The molecular weight excluding hydrogens is 322 g/mol. The Balaban J connectivity index is 1.75. The van der Waals surface area contributed by atoms with Crippen LogP contribution in [-0.4, -0.2) is 47.0 Å². The highest BCUT2D eigenvalue weighted by atomic mass is 16.5. The van der Waals surface area contributed by atoms with Gasteiger partial charge in [-0.2, -0.15) is 5.10 Å². The first-order valence-corrected chi connectivity index (χ1v) is 8.47. The first-order chi connectivity index (χ1) is 12.2. The van der Waals surface area contributed by atoms with Crippen LogP contribution < -0.4 is 20.9 Å². The summed E-state index contributed by atoms with van der Waals surface area (Å²) in [5.74, 6) is 0.130. The Morgan fingerprint density at radius 1 is 1.44 bits per heavy atom. The van der Waals surface area contributed by atoms with Crippen LogP contribution in [0.5, 0.6) is 5.75 Å². The van der Waals surface area contributed by atoms with Crippen molar-refractivity contribution in [3.8, 4) is 5.75 Å². The van der Waals surface area contributed by atoms with Crippen molar-refractivity contribution in [2.75, 3.05) is 26.7 Å². The smallest absolute Gasteiger partial charge is 0.256 e. The molecule has 0 aromatic carbocycles. The van der Waals surface area contributed by atoms with Gasteiger partial charge in [0.1, 0.15) is 11.3 Å². The Kier molecular flexibility index (Phi) is 5.49. The lowest BCUT2D eigenvalue weighted by Crippen LogP contribution is -2.32. The van der Waals surface area contributed by atoms with Gasteiger partial charge >= 0.3 is 0 Å². The molecule has 1 aliphatic heterocycles. The van der Waals surface area contributed by atoms with Gasteiger partial charge in [-0.15, -0.1) is 0 Å². The molecule has 0 aliphatic carbocycles. The normalized spacial score (nSPS) is 13.8. The van der Waals surface area contributed by atoms with Crippen molar-refractivity contribution in [3.05, 3.63) is 46.1 Å². The number of carbonyl (C=O) groups is 1. The number of amides is 1. The molecule has 8 nitrogen and oxygen atoms in total. The van der Waals surface area contributed by atoms with Crippen LogP contribution >= 0.6 is 0 Å². The summed E-state index contributed by atoms with van der Waals surface area (Å²) >= 11 is 0. The van der Waals surface area contributed by atoms with Gasteiger partial charge in [0.2, 0.25) is 0 Å². The summed E-state index contributed by atoms with van der Waals surface area (Å²) in [5, 5.41) is 10.3. The van der Waals surface area contributed by atoms with E-state index in [1.807, 2.05) is 16.9 Å². The Morgan fingerprint density at radius 3 is 3.08 bits per heavy atom. The van der Waals surface area contributed by atoms with Crippen molar-refractivity contribution in [1.29, 1.82) is 0 Å². The topological polar surface area (TPSA) is 90.2 Å². The van der Waals surface area contributed by atoms with E-state index in [4.69, 9.17) is 4.74 Å². The quantitative estimate of drug-likeness (QED) is 0.721. The number of hydrogen-bond acceptors (Lipinski definition) is 5. The van der Waals surface area contributed by atoms with E-state index in [0.29, 0.717) is 37.4 Å². The third kappa shape index (κ3) is 3.90. The second kappa shape index (κ2) is 7.98. The van der Waals surface area contributed by atoms with Gasteiger partial charge in [-0.05, 0) is 12.5 Å². The molecule has 0 bridgehead atoms. The van der Waals surface area contributed by atoms with E-state index in [1.54, 1.807) is 10.8 Å². The molecule has 0 saturated heterocycles. The van der Waals surface area contributed by atoms with Gasteiger partial charge in [-0.25, -0.2) is 0 Å². The number of pyridine rings is 1. The fourth-order valence-corrected chi connectivity index (χ4v) is 3.07. The lowest BCUT2D eigenvalue weighted by Gasteiger charge is -2.17. The zero-order valence-corrected chi connectivity index (χ0v) is 14.3. The number of aryl methyl sites for hydroxylation is 1. The molecule has 0 fully saturated rings. The Labute approximate surface area is 145 Å². The number of hydrogen-bond donors (Lipinski definition) is 2. The van der Waals surface area contributed by atoms with Crippen molar-refractivity contribution >= 4 is 5.91 Å². The largest absolute Gasteiger partial charge is 0.496 e. The molecule has 2 aromatic heterocycles. The lowest BCUT2D eigenvalue weighted by molar-refractivity contribution is 0.0947. The maximum Gasteiger partial charge on any atom is 0.256 e. The highest BCUT2D eigenvalue weighted by Gasteiger charge is 2.23. The predicted octanol–water partition coefficient (Wildman–Crippen LogP) is 0.0192. The van der Waals surface area contributed by atoms with E-state index in [1.165, 1.54) is 13.2 Å². The van der Waals surface area contributed by atoms with Crippen molar-refractivity contribution in [2.45, 2.75) is 25.9 Å². The maximum absolute atomic E-state index is 12.7. The third-order valence-electron chi connectivity index (χ3n) is 4.29. The van der Waals surface area contributed by atoms with Crippen LogP contribution in [0.1, 0.15) is 22.5 Å². The number of methoxy groups -OCH3 is 1. The first-order valence-electron chi connectivity index (χ1n) is 8.47. The third-order valence-corrected chi connectivity index (χ3v) is 4.29. The van der Waals surface area contributed by atoms with Crippen LogP contribution in [0.15, 0.2) is 29.3 Å². The van der Waals surface area contributed by atoms with Crippen LogP contribution in [0.4, 0.5) is 0 Å². The molecule has 25 heavy (non-hydrogen) atoms. The number of carbonyl (C=O) groups excluding carboxylic acids is 1. The molecule has 1 aliphatic rings. The average molecular weight is 345 g/mol. The van der Waals surface area contributed by atoms with E-state index >= 15 is 0 Å². The monoisotopic (exact) mass is 345 g/mol. The average Bonchev–Trinajstić information content (AvgIpc) is 3.01. The molecular formula is C17H23N5O3. The van der Waals surface area contributed by atoms with E-state index in [9.17, 15) is 9.59 Å². The van der Waals surface area contributed by atoms with Crippen LogP contribution in [0.3, 0.4) is 0 Å². The molecule has 0 atom stereocenters. The van der Waals surface area contributed by atoms with Crippen molar-refractivity contribution in [2.24, 2.45) is 0 Å². The summed E-state index contributed by atoms with van der Waals surface area (Å²) in [6.45, 7) is 3.26. The summed E-state index contributed by atoms with van der Waals surface area (Å²) in [6, 6.07) is 3.27. The molecule has 0 saturated carbocycles. The first kappa shape index (κ1) is 17.2. The second-order valence-electron chi connectivity index (χ2n) is 5.90. The Morgan fingerprint density at radius 2 is 2.32 bits per heavy atom. The van der Waals surface area contributed by atoms with E-state index < -0.39 is 0 Å². The minimum absolute atomic E-state index is 0.134. The molecule has 8 heteroatoms. The van der Waals surface area contributed by atoms with Crippen molar-refractivity contribution in [1.82, 2.24) is 25.0 Å². The molecule has 3 rings (SSSR count). The van der Waals surface area contributed by atoms with Gasteiger partial charge in [-0.1, -0.05) is 0 Å². The molecule has 2 aromatic rings. The fourth-order valence-electron chi connectivity index (χ4n) is 3.07. The number of rotatable bonds is 6. The van der Waals surface area contributed by atoms with E-state index in [-0.39, 0.29) is 11.5 Å². The minimum Gasteiger partial charge on any atom is -0.496 e. The number of nitrogens with zero attached hydrogens (tertiary/aromatic N) is 3. The van der Waals surface area contributed by atoms with Crippen LogP contribution in [0, 0.1) is 0 Å². The summed E-state index contributed by atoms with van der Waals surface area (Å²) in [4.78, 5) is 25.0. The summed E-state index contributed by atoms with van der Waals surface area (Å²) < 4.78 is 8.80. The minimum atomic E-state index is -0.206. The summed E-state index contributed by atoms with van der Waals surface area (Å²) in [6.07, 6.45) is 5.00. The van der Waals surface area contributed by atoms with Gasteiger partial charge in [0, 0.05) is 63.3 Å². The van der Waals surface area contributed by atoms with E-state index in [0.717, 1.165) is 25.2 Å². The molecule has 1 amide bonds. The second-order valence-corrected chi connectivity index (χ2v) is 5.90. The molecule has 0 unspecified atom stereocenters. The number of ether oxygens (including phenoxy) is 1. The van der Waals surface area contributed by atoms with Crippen LogP contribution in [0.2, 0.25) is 0 Å². The maximum atomic E-state index is 12.7. The van der Waals surface area contributed by atoms with Gasteiger partial charge in [0.25, 0.3) is 11.5 Å². The number of fused-ring (bicyclic) bond motifs is 1. The number of nitrogens with one attached hydrogen (secondary N) is 2.